The summed E-state index contributed by atoms with van der Waals surface area (Å²) < 4.78 is 24.1. The second-order valence-electron chi connectivity index (χ2n) is 3.65. The average Bonchev–Trinajstić information content (AvgIpc) is 2.34. The third kappa shape index (κ3) is 2.79. The molecule has 0 aliphatic carbocycles. The van der Waals surface area contributed by atoms with E-state index in [0.717, 1.165) is 18.4 Å². The van der Waals surface area contributed by atoms with Crippen molar-refractivity contribution in [3.8, 4) is 11.5 Å². The molecule has 2 rings (SSSR count). The third-order valence-corrected chi connectivity index (χ3v) is 2.45. The van der Waals surface area contributed by atoms with Gasteiger partial charge in [0.25, 0.3) is 0 Å². The molecule has 17 heavy (non-hydrogen) atoms. The Morgan fingerprint density at radius 2 is 2.41 bits per heavy atom. The van der Waals surface area contributed by atoms with Crippen LogP contribution in [0.25, 0.3) is 10.4 Å². The summed E-state index contributed by atoms with van der Waals surface area (Å²) in [5.74, 6) is 0.652. The number of aryl methyl sites for hydroxylation is 1. The van der Waals surface area contributed by atoms with Crippen molar-refractivity contribution < 1.29 is 13.9 Å². The summed E-state index contributed by atoms with van der Waals surface area (Å²) in [6.45, 7) is 1.04. The highest BCUT2D eigenvalue weighted by molar-refractivity contribution is 5.48. The fourth-order valence-corrected chi connectivity index (χ4v) is 1.76. The van der Waals surface area contributed by atoms with Gasteiger partial charge >= 0.3 is 0 Å². The highest BCUT2D eigenvalue weighted by Crippen LogP contribution is 2.35. The molecule has 0 aromatic heterocycles. The lowest BCUT2D eigenvalue weighted by Crippen LogP contribution is -2.11. The molecule has 0 bridgehead atoms. The van der Waals surface area contributed by atoms with Gasteiger partial charge in [0.1, 0.15) is 5.82 Å². The van der Waals surface area contributed by atoms with E-state index in [2.05, 4.69) is 10.0 Å². The molecule has 1 aromatic carbocycles. The monoisotopic (exact) mass is 237 g/mol. The smallest absolute Gasteiger partial charge is 0.164 e. The van der Waals surface area contributed by atoms with Crippen molar-refractivity contribution in [3.63, 3.8) is 0 Å². The van der Waals surface area contributed by atoms with Gasteiger partial charge in [-0.05, 0) is 24.4 Å². The standard InChI is InChI=1S/C11H12FN3O2/c12-9-6-8-2-1-4-17-11(8)10(7-9)16-5-3-14-15-13/h6-7H,1-5H2. The lowest BCUT2D eigenvalue weighted by atomic mass is 10.1. The maximum Gasteiger partial charge on any atom is 0.164 e. The summed E-state index contributed by atoms with van der Waals surface area (Å²) in [7, 11) is 0. The summed E-state index contributed by atoms with van der Waals surface area (Å²) >= 11 is 0. The zero-order chi connectivity index (χ0) is 12.1. The second-order valence-corrected chi connectivity index (χ2v) is 3.65. The van der Waals surface area contributed by atoms with Gasteiger partial charge in [-0.2, -0.15) is 0 Å². The Bertz CT molecular complexity index is 458. The highest BCUT2D eigenvalue weighted by atomic mass is 19.1. The molecule has 0 N–H and O–H groups in total. The molecule has 90 valence electrons. The molecule has 0 amide bonds. The van der Waals surface area contributed by atoms with Crippen LogP contribution in [0.3, 0.4) is 0 Å². The topological polar surface area (TPSA) is 67.2 Å². The molecule has 0 saturated heterocycles. The summed E-state index contributed by atoms with van der Waals surface area (Å²) in [5.41, 5.74) is 8.95. The van der Waals surface area contributed by atoms with Gasteiger partial charge in [-0.15, -0.1) is 0 Å². The molecule has 1 aromatic rings. The van der Waals surface area contributed by atoms with Gasteiger partial charge in [0.15, 0.2) is 11.5 Å². The Kier molecular flexibility index (Phi) is 3.67. The van der Waals surface area contributed by atoms with Crippen LogP contribution < -0.4 is 9.47 Å². The first-order chi connectivity index (χ1) is 8.31. The van der Waals surface area contributed by atoms with E-state index in [9.17, 15) is 4.39 Å². The number of hydrogen-bond donors (Lipinski definition) is 0. The maximum atomic E-state index is 13.3. The summed E-state index contributed by atoms with van der Waals surface area (Å²) in [6, 6.07) is 2.76. The van der Waals surface area contributed by atoms with Crippen LogP contribution in [0.15, 0.2) is 17.2 Å². The molecular formula is C11H12FN3O2. The van der Waals surface area contributed by atoms with Gasteiger partial charge in [0.05, 0.1) is 19.8 Å². The maximum absolute atomic E-state index is 13.3. The third-order valence-electron chi connectivity index (χ3n) is 2.45. The van der Waals surface area contributed by atoms with E-state index >= 15 is 0 Å². The van der Waals surface area contributed by atoms with Crippen molar-refractivity contribution in [2.75, 3.05) is 19.8 Å². The van der Waals surface area contributed by atoms with Gasteiger partial charge in [-0.1, -0.05) is 5.11 Å². The minimum Gasteiger partial charge on any atom is -0.489 e. The predicted molar refractivity (Wildman–Crippen MR) is 59.7 cm³/mol. The first-order valence-electron chi connectivity index (χ1n) is 5.40. The van der Waals surface area contributed by atoms with Crippen LogP contribution in [-0.2, 0) is 6.42 Å². The van der Waals surface area contributed by atoms with Crippen molar-refractivity contribution in [1.82, 2.24) is 0 Å². The fraction of sp³-hybridized carbons (Fsp3) is 0.455. The lowest BCUT2D eigenvalue weighted by molar-refractivity contribution is 0.252. The Morgan fingerprint density at radius 3 is 3.24 bits per heavy atom. The van der Waals surface area contributed by atoms with E-state index < -0.39 is 0 Å². The number of azide groups is 1. The van der Waals surface area contributed by atoms with Crippen LogP contribution in [0.2, 0.25) is 0 Å². The van der Waals surface area contributed by atoms with Gasteiger partial charge in [0, 0.05) is 16.5 Å². The van der Waals surface area contributed by atoms with Gasteiger partial charge < -0.3 is 9.47 Å². The zero-order valence-electron chi connectivity index (χ0n) is 9.23. The van der Waals surface area contributed by atoms with Crippen LogP contribution >= 0.6 is 0 Å². The highest BCUT2D eigenvalue weighted by Gasteiger charge is 2.17. The first kappa shape index (κ1) is 11.5. The number of nitrogens with zero attached hydrogens (tertiary/aromatic N) is 3. The van der Waals surface area contributed by atoms with E-state index in [0.29, 0.717) is 18.1 Å². The molecule has 0 atom stereocenters. The number of benzene rings is 1. The largest absolute Gasteiger partial charge is 0.489 e. The Hall–Kier alpha value is -1.94. The van der Waals surface area contributed by atoms with E-state index in [1.54, 1.807) is 0 Å². The number of hydrogen-bond acceptors (Lipinski definition) is 3. The minimum absolute atomic E-state index is 0.210. The summed E-state index contributed by atoms with van der Waals surface area (Å²) in [5, 5.41) is 3.34. The number of ether oxygens (including phenoxy) is 2. The first-order valence-corrected chi connectivity index (χ1v) is 5.40. The Balaban J connectivity index is 2.14. The number of fused-ring (bicyclic) bond motifs is 1. The molecule has 0 saturated carbocycles. The summed E-state index contributed by atoms with van der Waals surface area (Å²) in [4.78, 5) is 2.61. The lowest BCUT2D eigenvalue weighted by Gasteiger charge is -2.20. The molecule has 0 spiro atoms. The Labute approximate surface area is 97.8 Å². The van der Waals surface area contributed by atoms with Crippen molar-refractivity contribution in [2.45, 2.75) is 12.8 Å². The van der Waals surface area contributed by atoms with Crippen molar-refractivity contribution in [2.24, 2.45) is 5.11 Å². The molecule has 5 nitrogen and oxygen atoms in total. The molecule has 0 unspecified atom stereocenters. The van der Waals surface area contributed by atoms with Crippen LogP contribution in [0.1, 0.15) is 12.0 Å². The molecule has 0 fully saturated rings. The van der Waals surface area contributed by atoms with Gasteiger partial charge in [0.2, 0.25) is 0 Å². The van der Waals surface area contributed by atoms with Crippen molar-refractivity contribution >= 4 is 0 Å². The van der Waals surface area contributed by atoms with E-state index in [-0.39, 0.29) is 19.0 Å². The molecule has 0 radical (unpaired) electrons. The second kappa shape index (κ2) is 5.41. The van der Waals surface area contributed by atoms with Crippen molar-refractivity contribution in [1.29, 1.82) is 0 Å². The quantitative estimate of drug-likeness (QED) is 0.349. The Morgan fingerprint density at radius 1 is 1.53 bits per heavy atom. The van der Waals surface area contributed by atoms with Gasteiger partial charge in [-0.3, -0.25) is 0 Å². The molecule has 1 aliphatic heterocycles. The zero-order valence-corrected chi connectivity index (χ0v) is 9.23. The molecule has 1 aliphatic rings. The average molecular weight is 237 g/mol. The summed E-state index contributed by atoms with van der Waals surface area (Å²) in [6.07, 6.45) is 1.68. The minimum atomic E-state index is -0.340. The van der Waals surface area contributed by atoms with E-state index in [4.69, 9.17) is 15.0 Å². The van der Waals surface area contributed by atoms with Crippen LogP contribution in [-0.4, -0.2) is 19.8 Å². The molecule has 1 heterocycles. The fourth-order valence-electron chi connectivity index (χ4n) is 1.76. The van der Waals surface area contributed by atoms with Crippen LogP contribution in [0.5, 0.6) is 11.5 Å². The van der Waals surface area contributed by atoms with Crippen molar-refractivity contribution in [3.05, 3.63) is 34.0 Å². The van der Waals surface area contributed by atoms with E-state index in [1.807, 2.05) is 0 Å². The number of halogens is 1. The predicted octanol–water partition coefficient (Wildman–Crippen LogP) is 2.84. The van der Waals surface area contributed by atoms with Crippen LogP contribution in [0, 0.1) is 5.82 Å². The SMILES string of the molecule is [N-]=[N+]=NCCOc1cc(F)cc2c1OCCC2. The number of rotatable bonds is 4. The molecule has 6 heteroatoms. The van der Waals surface area contributed by atoms with E-state index in [1.165, 1.54) is 12.1 Å². The van der Waals surface area contributed by atoms with Gasteiger partial charge in [-0.25, -0.2) is 4.39 Å². The normalized spacial score (nSPS) is 13.2. The van der Waals surface area contributed by atoms with Crippen LogP contribution in [0.4, 0.5) is 4.39 Å². The molecular weight excluding hydrogens is 225 g/mol.